The van der Waals surface area contributed by atoms with Crippen LogP contribution in [0.15, 0.2) is 36.7 Å². The standard InChI is InChI=1S/C18H26N4O2/c1-5-21(3)14(2)10-11-19-18(23)15-12-20-22(13-15)16-8-6-7-9-17(16)24-4/h6-9,12-14H,5,10-11H2,1-4H3,(H,19,23). The van der Waals surface area contributed by atoms with Crippen molar-refractivity contribution < 1.29 is 9.53 Å². The Morgan fingerprint density at radius 2 is 2.17 bits per heavy atom. The van der Waals surface area contributed by atoms with E-state index in [4.69, 9.17) is 4.74 Å². The molecule has 2 rings (SSSR count). The van der Waals surface area contributed by atoms with E-state index in [2.05, 4.69) is 36.2 Å². The molecule has 1 amide bonds. The van der Waals surface area contributed by atoms with Crippen molar-refractivity contribution in [2.45, 2.75) is 26.3 Å². The van der Waals surface area contributed by atoms with Gasteiger partial charge in [-0.25, -0.2) is 4.68 Å². The maximum Gasteiger partial charge on any atom is 0.254 e. The Labute approximate surface area is 143 Å². The summed E-state index contributed by atoms with van der Waals surface area (Å²) in [6.45, 7) is 5.93. The second-order valence-corrected chi connectivity index (χ2v) is 5.81. The molecule has 0 fully saturated rings. The first-order valence-corrected chi connectivity index (χ1v) is 8.23. The second kappa shape index (κ2) is 8.49. The molecule has 2 aromatic rings. The molecule has 0 aliphatic rings. The number of ether oxygens (including phenoxy) is 1. The van der Waals surface area contributed by atoms with Crippen molar-refractivity contribution in [2.75, 3.05) is 27.2 Å². The van der Waals surface area contributed by atoms with Gasteiger partial charge in [0.1, 0.15) is 11.4 Å². The van der Waals surface area contributed by atoms with E-state index in [0.29, 0.717) is 23.9 Å². The number of carbonyl (C=O) groups excluding carboxylic acids is 1. The van der Waals surface area contributed by atoms with Crippen molar-refractivity contribution >= 4 is 5.91 Å². The molecule has 1 N–H and O–H groups in total. The summed E-state index contributed by atoms with van der Waals surface area (Å²) in [7, 11) is 3.70. The molecular formula is C18H26N4O2. The van der Waals surface area contributed by atoms with Gasteiger partial charge in [-0.05, 0) is 39.1 Å². The Kier molecular flexibility index (Phi) is 6.37. The Bertz CT molecular complexity index is 669. The smallest absolute Gasteiger partial charge is 0.254 e. The number of rotatable bonds is 8. The van der Waals surface area contributed by atoms with E-state index in [1.807, 2.05) is 24.3 Å². The van der Waals surface area contributed by atoms with Crippen LogP contribution in [0.25, 0.3) is 5.69 Å². The maximum atomic E-state index is 12.3. The van der Waals surface area contributed by atoms with E-state index >= 15 is 0 Å². The summed E-state index contributed by atoms with van der Waals surface area (Å²) < 4.78 is 6.98. The molecule has 1 unspecified atom stereocenters. The predicted molar refractivity (Wildman–Crippen MR) is 94.8 cm³/mol. The van der Waals surface area contributed by atoms with Gasteiger partial charge in [0.2, 0.25) is 0 Å². The minimum Gasteiger partial charge on any atom is -0.494 e. The first kappa shape index (κ1) is 18.0. The predicted octanol–water partition coefficient (Wildman–Crippen LogP) is 2.34. The summed E-state index contributed by atoms with van der Waals surface area (Å²) in [4.78, 5) is 14.5. The summed E-state index contributed by atoms with van der Waals surface area (Å²) in [5.41, 5.74) is 1.34. The van der Waals surface area contributed by atoms with E-state index in [1.54, 1.807) is 24.2 Å². The van der Waals surface area contributed by atoms with Gasteiger partial charge in [-0.1, -0.05) is 19.1 Å². The highest BCUT2D eigenvalue weighted by Gasteiger charge is 2.12. The number of nitrogens with zero attached hydrogens (tertiary/aromatic N) is 3. The molecule has 0 spiro atoms. The summed E-state index contributed by atoms with van der Waals surface area (Å²) in [5.74, 6) is 0.603. The first-order valence-electron chi connectivity index (χ1n) is 8.23. The highest BCUT2D eigenvalue weighted by Crippen LogP contribution is 2.21. The third-order valence-electron chi connectivity index (χ3n) is 4.28. The molecule has 0 saturated heterocycles. The van der Waals surface area contributed by atoms with Crippen LogP contribution in [0.5, 0.6) is 5.75 Å². The van der Waals surface area contributed by atoms with Crippen molar-refractivity contribution in [3.63, 3.8) is 0 Å². The largest absolute Gasteiger partial charge is 0.494 e. The van der Waals surface area contributed by atoms with E-state index in [0.717, 1.165) is 18.7 Å². The van der Waals surface area contributed by atoms with E-state index in [9.17, 15) is 4.79 Å². The average molecular weight is 330 g/mol. The van der Waals surface area contributed by atoms with Crippen LogP contribution in [-0.4, -0.2) is 53.9 Å². The Morgan fingerprint density at radius 1 is 1.42 bits per heavy atom. The molecule has 0 radical (unpaired) electrons. The fourth-order valence-electron chi connectivity index (χ4n) is 2.42. The summed E-state index contributed by atoms with van der Waals surface area (Å²) in [6, 6.07) is 8.00. The Balaban J connectivity index is 1.96. The third kappa shape index (κ3) is 4.35. The maximum absolute atomic E-state index is 12.3. The van der Waals surface area contributed by atoms with Crippen LogP contribution in [-0.2, 0) is 0 Å². The lowest BCUT2D eigenvalue weighted by atomic mass is 10.2. The van der Waals surface area contributed by atoms with Crippen molar-refractivity contribution in [2.24, 2.45) is 0 Å². The lowest BCUT2D eigenvalue weighted by Gasteiger charge is -2.22. The van der Waals surface area contributed by atoms with Gasteiger partial charge in [0, 0.05) is 18.8 Å². The molecule has 6 nitrogen and oxygen atoms in total. The molecule has 0 aliphatic heterocycles. The van der Waals surface area contributed by atoms with Gasteiger partial charge in [0.15, 0.2) is 0 Å². The molecule has 130 valence electrons. The zero-order valence-electron chi connectivity index (χ0n) is 14.8. The number of hydrogen-bond acceptors (Lipinski definition) is 4. The summed E-state index contributed by atoms with van der Waals surface area (Å²) in [5, 5.41) is 7.22. The molecule has 6 heteroatoms. The average Bonchev–Trinajstić information content (AvgIpc) is 3.10. The number of methoxy groups -OCH3 is 1. The molecule has 0 aliphatic carbocycles. The zero-order valence-corrected chi connectivity index (χ0v) is 14.8. The van der Waals surface area contributed by atoms with Crippen LogP contribution in [0.3, 0.4) is 0 Å². The third-order valence-corrected chi connectivity index (χ3v) is 4.28. The van der Waals surface area contributed by atoms with Gasteiger partial charge in [-0.15, -0.1) is 0 Å². The SMILES string of the molecule is CCN(C)C(C)CCNC(=O)c1cnn(-c2ccccc2OC)c1. The van der Waals surface area contributed by atoms with E-state index < -0.39 is 0 Å². The molecule has 1 aromatic heterocycles. The fraction of sp³-hybridized carbons (Fsp3) is 0.444. The Hall–Kier alpha value is -2.34. The Morgan fingerprint density at radius 3 is 2.88 bits per heavy atom. The molecule has 0 saturated carbocycles. The highest BCUT2D eigenvalue weighted by molar-refractivity contribution is 5.93. The summed E-state index contributed by atoms with van der Waals surface area (Å²) in [6.07, 6.45) is 4.20. The minimum atomic E-state index is -0.109. The van der Waals surface area contributed by atoms with Crippen molar-refractivity contribution in [1.82, 2.24) is 20.0 Å². The lowest BCUT2D eigenvalue weighted by molar-refractivity contribution is 0.0949. The minimum absolute atomic E-state index is 0.109. The molecule has 24 heavy (non-hydrogen) atoms. The second-order valence-electron chi connectivity index (χ2n) is 5.81. The number of hydrogen-bond donors (Lipinski definition) is 1. The number of benzene rings is 1. The van der Waals surface area contributed by atoms with Crippen molar-refractivity contribution in [3.8, 4) is 11.4 Å². The van der Waals surface area contributed by atoms with Crippen LogP contribution in [0.2, 0.25) is 0 Å². The van der Waals surface area contributed by atoms with Gasteiger partial charge in [0.25, 0.3) is 5.91 Å². The molecule has 1 heterocycles. The lowest BCUT2D eigenvalue weighted by Crippen LogP contribution is -2.33. The summed E-state index contributed by atoms with van der Waals surface area (Å²) >= 11 is 0. The number of carbonyl (C=O) groups is 1. The van der Waals surface area contributed by atoms with Crippen LogP contribution in [0.4, 0.5) is 0 Å². The zero-order chi connectivity index (χ0) is 17.5. The van der Waals surface area contributed by atoms with E-state index in [-0.39, 0.29) is 5.91 Å². The van der Waals surface area contributed by atoms with Gasteiger partial charge in [-0.2, -0.15) is 5.10 Å². The van der Waals surface area contributed by atoms with Gasteiger partial charge >= 0.3 is 0 Å². The van der Waals surface area contributed by atoms with Crippen LogP contribution in [0.1, 0.15) is 30.6 Å². The number of para-hydroxylation sites is 2. The first-order chi connectivity index (χ1) is 11.6. The van der Waals surface area contributed by atoms with Crippen LogP contribution < -0.4 is 10.1 Å². The topological polar surface area (TPSA) is 59.4 Å². The molecule has 1 atom stereocenters. The van der Waals surface area contributed by atoms with Crippen molar-refractivity contribution in [1.29, 1.82) is 0 Å². The highest BCUT2D eigenvalue weighted by atomic mass is 16.5. The molecule has 0 bridgehead atoms. The van der Waals surface area contributed by atoms with Gasteiger partial charge in [0.05, 0.1) is 18.9 Å². The number of aromatic nitrogens is 2. The van der Waals surface area contributed by atoms with Crippen molar-refractivity contribution in [3.05, 3.63) is 42.2 Å². The van der Waals surface area contributed by atoms with Crippen LogP contribution in [0, 0.1) is 0 Å². The number of amides is 1. The van der Waals surface area contributed by atoms with Crippen LogP contribution >= 0.6 is 0 Å². The fourth-order valence-corrected chi connectivity index (χ4v) is 2.42. The van der Waals surface area contributed by atoms with E-state index in [1.165, 1.54) is 0 Å². The number of nitrogens with one attached hydrogen (secondary N) is 1. The monoisotopic (exact) mass is 330 g/mol. The van der Waals surface area contributed by atoms with Gasteiger partial charge < -0.3 is 15.0 Å². The molecular weight excluding hydrogens is 304 g/mol. The van der Waals surface area contributed by atoms with Gasteiger partial charge in [-0.3, -0.25) is 4.79 Å². The normalized spacial score (nSPS) is 12.2. The quantitative estimate of drug-likeness (QED) is 0.807. The molecule has 1 aromatic carbocycles.